The molecule has 0 amide bonds. The van der Waals surface area contributed by atoms with Gasteiger partial charge in [0.1, 0.15) is 0 Å². The molecular weight excluding hydrogens is 176 g/mol. The predicted molar refractivity (Wildman–Crippen MR) is 46.8 cm³/mol. The smallest absolute Gasteiger partial charge is 0.310 e. The molecular formula is C8H12O3S. The van der Waals surface area contributed by atoms with E-state index in [1.54, 1.807) is 0 Å². The number of hydrogen-bond acceptors (Lipinski definition) is 4. The number of rotatable bonds is 3. The molecule has 1 saturated heterocycles. The van der Waals surface area contributed by atoms with Crippen molar-refractivity contribution in [1.29, 1.82) is 0 Å². The lowest BCUT2D eigenvalue weighted by molar-refractivity contribution is -0.148. The van der Waals surface area contributed by atoms with Crippen molar-refractivity contribution in [2.45, 2.75) is 19.8 Å². The van der Waals surface area contributed by atoms with E-state index < -0.39 is 0 Å². The number of hydrogen-bond donors (Lipinski definition) is 0. The Hall–Kier alpha value is -0.510. The van der Waals surface area contributed by atoms with Crippen molar-refractivity contribution in [1.82, 2.24) is 0 Å². The summed E-state index contributed by atoms with van der Waals surface area (Å²) in [4.78, 5) is 21.9. The van der Waals surface area contributed by atoms with Gasteiger partial charge in [0.05, 0.1) is 12.5 Å². The zero-order valence-electron chi connectivity index (χ0n) is 7.04. The van der Waals surface area contributed by atoms with Gasteiger partial charge in [-0.15, -0.1) is 0 Å². The summed E-state index contributed by atoms with van der Waals surface area (Å²) in [6.07, 6.45) is 1.19. The molecule has 1 fully saturated rings. The highest BCUT2D eigenvalue weighted by atomic mass is 32.2. The summed E-state index contributed by atoms with van der Waals surface area (Å²) >= 11 is 1.23. The molecule has 0 radical (unpaired) electrons. The van der Waals surface area contributed by atoms with Crippen molar-refractivity contribution >= 4 is 22.8 Å². The molecule has 3 nitrogen and oxygen atoms in total. The number of esters is 1. The van der Waals surface area contributed by atoms with Crippen LogP contribution in [-0.2, 0) is 14.3 Å². The fraction of sp³-hybridized carbons (Fsp3) is 0.750. The van der Waals surface area contributed by atoms with Crippen LogP contribution in [-0.4, -0.2) is 23.4 Å². The highest BCUT2D eigenvalue weighted by Gasteiger charge is 2.29. The number of carbonyl (C=O) groups excluding carboxylic acids is 2. The molecule has 1 atom stereocenters. The minimum atomic E-state index is -0.213. The first-order valence-electron chi connectivity index (χ1n) is 4.06. The molecule has 1 rings (SSSR count). The van der Waals surface area contributed by atoms with Crippen LogP contribution in [0.2, 0.25) is 0 Å². The number of thioether (sulfide) groups is 1. The normalized spacial score (nSPS) is 22.8. The third-order valence-electron chi connectivity index (χ3n) is 1.64. The lowest BCUT2D eigenvalue weighted by Crippen LogP contribution is -2.17. The van der Waals surface area contributed by atoms with Crippen LogP contribution in [0.15, 0.2) is 0 Å². The molecule has 1 unspecified atom stereocenters. The van der Waals surface area contributed by atoms with Crippen molar-refractivity contribution in [2.24, 2.45) is 5.92 Å². The van der Waals surface area contributed by atoms with E-state index in [0.717, 1.165) is 6.42 Å². The van der Waals surface area contributed by atoms with Gasteiger partial charge in [0, 0.05) is 12.2 Å². The van der Waals surface area contributed by atoms with Gasteiger partial charge in [0.25, 0.3) is 0 Å². The fourth-order valence-electron chi connectivity index (χ4n) is 0.984. The second-order valence-corrected chi connectivity index (χ2v) is 3.83. The Morgan fingerprint density at radius 2 is 2.50 bits per heavy atom. The predicted octanol–water partition coefficient (Wildman–Crippen LogP) is 1.22. The van der Waals surface area contributed by atoms with Crippen molar-refractivity contribution in [3.63, 3.8) is 0 Å². The summed E-state index contributed by atoms with van der Waals surface area (Å²) < 4.78 is 4.92. The van der Waals surface area contributed by atoms with E-state index in [1.165, 1.54) is 11.8 Å². The highest BCUT2D eigenvalue weighted by molar-refractivity contribution is 8.14. The first-order chi connectivity index (χ1) is 5.74. The minimum Gasteiger partial charge on any atom is -0.465 e. The van der Waals surface area contributed by atoms with Gasteiger partial charge in [-0.1, -0.05) is 18.7 Å². The van der Waals surface area contributed by atoms with E-state index in [-0.39, 0.29) is 17.0 Å². The maximum atomic E-state index is 11.2. The topological polar surface area (TPSA) is 43.4 Å². The van der Waals surface area contributed by atoms with Crippen LogP contribution in [0.25, 0.3) is 0 Å². The molecule has 1 aliphatic rings. The summed E-state index contributed by atoms with van der Waals surface area (Å²) in [5, 5.41) is 0.105. The maximum absolute atomic E-state index is 11.2. The Balaban J connectivity index is 2.28. The Bertz CT molecular complexity index is 191. The molecule has 0 saturated carbocycles. The van der Waals surface area contributed by atoms with Crippen molar-refractivity contribution in [2.75, 3.05) is 12.4 Å². The van der Waals surface area contributed by atoms with Crippen LogP contribution in [0.4, 0.5) is 0 Å². The first-order valence-corrected chi connectivity index (χ1v) is 5.05. The molecule has 0 N–H and O–H groups in total. The van der Waals surface area contributed by atoms with Gasteiger partial charge in [0.2, 0.25) is 0 Å². The monoisotopic (exact) mass is 188 g/mol. The molecule has 0 aromatic heterocycles. The fourth-order valence-corrected chi connectivity index (χ4v) is 1.94. The summed E-state index contributed by atoms with van der Waals surface area (Å²) in [6, 6.07) is 0. The average molecular weight is 188 g/mol. The van der Waals surface area contributed by atoms with E-state index >= 15 is 0 Å². The van der Waals surface area contributed by atoms with Crippen LogP contribution in [0.3, 0.4) is 0 Å². The molecule has 0 aromatic carbocycles. The van der Waals surface area contributed by atoms with Gasteiger partial charge < -0.3 is 4.74 Å². The van der Waals surface area contributed by atoms with E-state index in [9.17, 15) is 9.59 Å². The first kappa shape index (κ1) is 9.58. The van der Waals surface area contributed by atoms with Crippen molar-refractivity contribution < 1.29 is 14.3 Å². The zero-order chi connectivity index (χ0) is 8.97. The summed E-state index contributed by atoms with van der Waals surface area (Å²) in [5.41, 5.74) is 0. The minimum absolute atomic E-state index is 0.105. The summed E-state index contributed by atoms with van der Waals surface area (Å²) in [6.45, 7) is 2.41. The van der Waals surface area contributed by atoms with Crippen molar-refractivity contribution in [3.8, 4) is 0 Å². The molecule has 4 heteroatoms. The van der Waals surface area contributed by atoms with E-state index in [4.69, 9.17) is 4.74 Å². The molecule has 0 aliphatic carbocycles. The van der Waals surface area contributed by atoms with Crippen LogP contribution < -0.4 is 0 Å². The van der Waals surface area contributed by atoms with Gasteiger partial charge in [-0.05, 0) is 6.42 Å². The molecule has 68 valence electrons. The second kappa shape index (κ2) is 4.50. The summed E-state index contributed by atoms with van der Waals surface area (Å²) in [5.74, 6) is 0.200. The van der Waals surface area contributed by atoms with Crippen LogP contribution >= 0.6 is 11.8 Å². The summed E-state index contributed by atoms with van der Waals surface area (Å²) in [7, 11) is 0. The van der Waals surface area contributed by atoms with E-state index in [1.807, 2.05) is 6.92 Å². The maximum Gasteiger partial charge on any atom is 0.310 e. The van der Waals surface area contributed by atoms with Gasteiger partial charge >= 0.3 is 5.97 Å². The second-order valence-electron chi connectivity index (χ2n) is 2.75. The Kier molecular flexibility index (Phi) is 3.59. The SMILES string of the molecule is CCCOC(=O)C1CSC(=O)C1. The molecule has 0 aromatic rings. The lowest BCUT2D eigenvalue weighted by atomic mass is 10.1. The number of ether oxygens (including phenoxy) is 1. The van der Waals surface area contributed by atoms with Gasteiger partial charge in [0.15, 0.2) is 5.12 Å². The Labute approximate surface area is 75.8 Å². The Morgan fingerprint density at radius 1 is 1.75 bits per heavy atom. The third kappa shape index (κ3) is 2.52. The molecule has 0 spiro atoms. The molecule has 1 heterocycles. The lowest BCUT2D eigenvalue weighted by Gasteiger charge is -2.06. The highest BCUT2D eigenvalue weighted by Crippen LogP contribution is 2.26. The molecule has 12 heavy (non-hydrogen) atoms. The molecule has 1 aliphatic heterocycles. The zero-order valence-corrected chi connectivity index (χ0v) is 7.86. The average Bonchev–Trinajstić information content (AvgIpc) is 2.47. The van der Waals surface area contributed by atoms with Crippen LogP contribution in [0, 0.1) is 5.92 Å². The van der Waals surface area contributed by atoms with Gasteiger partial charge in [-0.3, -0.25) is 9.59 Å². The Morgan fingerprint density at radius 3 is 3.00 bits per heavy atom. The van der Waals surface area contributed by atoms with Gasteiger partial charge in [-0.25, -0.2) is 0 Å². The van der Waals surface area contributed by atoms with Crippen LogP contribution in [0.5, 0.6) is 0 Å². The third-order valence-corrected chi connectivity index (χ3v) is 2.70. The van der Waals surface area contributed by atoms with E-state index in [0.29, 0.717) is 18.8 Å². The standard InChI is InChI=1S/C8H12O3S/c1-2-3-11-8(10)6-4-7(9)12-5-6/h6H,2-5H2,1H3. The van der Waals surface area contributed by atoms with Crippen LogP contribution in [0.1, 0.15) is 19.8 Å². The quantitative estimate of drug-likeness (QED) is 0.624. The number of carbonyl (C=O) groups is 2. The van der Waals surface area contributed by atoms with E-state index in [2.05, 4.69) is 0 Å². The van der Waals surface area contributed by atoms with Crippen molar-refractivity contribution in [3.05, 3.63) is 0 Å². The largest absolute Gasteiger partial charge is 0.465 e. The molecule has 0 bridgehead atoms. The van der Waals surface area contributed by atoms with Gasteiger partial charge in [-0.2, -0.15) is 0 Å².